The summed E-state index contributed by atoms with van der Waals surface area (Å²) >= 11 is 0. The summed E-state index contributed by atoms with van der Waals surface area (Å²) in [6.07, 6.45) is 5.99. The van der Waals surface area contributed by atoms with Crippen LogP contribution < -0.4 is 0 Å². The fourth-order valence-electron chi connectivity index (χ4n) is 0.392. The van der Waals surface area contributed by atoms with Crippen molar-refractivity contribution in [2.45, 2.75) is 26.7 Å². The van der Waals surface area contributed by atoms with Crippen LogP contribution in [0.1, 0.15) is 26.7 Å². The smallest absolute Gasteiger partial charge is 0.0873 e. The number of ether oxygens (including phenoxy) is 1. The average Bonchev–Trinajstić information content (AvgIpc) is 1.81. The van der Waals surface area contributed by atoms with E-state index in [1.165, 1.54) is 6.42 Å². The third-order valence-electron chi connectivity index (χ3n) is 0.848. The van der Waals surface area contributed by atoms with Gasteiger partial charge in [0.15, 0.2) is 0 Å². The van der Waals surface area contributed by atoms with Crippen LogP contribution in [0.5, 0.6) is 0 Å². The zero-order valence-corrected chi connectivity index (χ0v) is 5.68. The third-order valence-corrected chi connectivity index (χ3v) is 0.848. The first-order chi connectivity index (χ1) is 3.91. The van der Waals surface area contributed by atoms with Gasteiger partial charge in [-0.25, -0.2) is 0 Å². The SMILES string of the molecule is C/C=C/OCCCC. The van der Waals surface area contributed by atoms with E-state index in [1.807, 2.05) is 13.0 Å². The fraction of sp³-hybridized carbons (Fsp3) is 0.714. The molecule has 8 heavy (non-hydrogen) atoms. The van der Waals surface area contributed by atoms with Crippen molar-refractivity contribution in [3.63, 3.8) is 0 Å². The van der Waals surface area contributed by atoms with Crippen LogP contribution in [-0.2, 0) is 4.74 Å². The summed E-state index contributed by atoms with van der Waals surface area (Å²) in [4.78, 5) is 0. The minimum absolute atomic E-state index is 0.862. The molecule has 0 aliphatic carbocycles. The molecule has 0 N–H and O–H groups in total. The minimum Gasteiger partial charge on any atom is -0.502 e. The van der Waals surface area contributed by atoms with Gasteiger partial charge >= 0.3 is 0 Å². The van der Waals surface area contributed by atoms with E-state index >= 15 is 0 Å². The molecule has 0 fully saturated rings. The summed E-state index contributed by atoms with van der Waals surface area (Å²) in [5.41, 5.74) is 0. The molecule has 0 bridgehead atoms. The fourth-order valence-corrected chi connectivity index (χ4v) is 0.392. The molecule has 0 aromatic heterocycles. The van der Waals surface area contributed by atoms with Crippen molar-refractivity contribution in [3.8, 4) is 0 Å². The molecule has 0 rings (SSSR count). The van der Waals surface area contributed by atoms with Crippen LogP contribution in [0.4, 0.5) is 0 Å². The normalized spacial score (nSPS) is 10.2. The molecule has 0 spiro atoms. The Morgan fingerprint density at radius 1 is 1.50 bits per heavy atom. The molecular formula is C7H14O. The summed E-state index contributed by atoms with van der Waals surface area (Å²) in [6.45, 7) is 4.96. The Morgan fingerprint density at radius 2 is 2.25 bits per heavy atom. The maximum atomic E-state index is 5.04. The van der Waals surface area contributed by atoms with Gasteiger partial charge in [0.05, 0.1) is 12.9 Å². The lowest BCUT2D eigenvalue weighted by Gasteiger charge is -1.94. The molecule has 0 heterocycles. The predicted octanol–water partition coefficient (Wildman–Crippen LogP) is 2.34. The largest absolute Gasteiger partial charge is 0.502 e. The summed E-state index contributed by atoms with van der Waals surface area (Å²) in [5, 5.41) is 0. The minimum atomic E-state index is 0.862. The highest BCUT2D eigenvalue weighted by Gasteiger charge is 1.77. The topological polar surface area (TPSA) is 9.23 Å². The van der Waals surface area contributed by atoms with Crippen molar-refractivity contribution in [1.82, 2.24) is 0 Å². The van der Waals surface area contributed by atoms with Gasteiger partial charge in [-0.1, -0.05) is 19.4 Å². The maximum Gasteiger partial charge on any atom is 0.0873 e. The molecular weight excluding hydrogens is 100 g/mol. The second kappa shape index (κ2) is 6.54. The zero-order chi connectivity index (χ0) is 6.24. The summed E-state index contributed by atoms with van der Waals surface area (Å²) in [7, 11) is 0. The first-order valence-corrected chi connectivity index (χ1v) is 3.14. The standard InChI is InChI=1S/C7H14O/c1-3-5-7-8-6-4-2/h4,6H,3,5,7H2,1-2H3/b6-4+. The Morgan fingerprint density at radius 3 is 2.75 bits per heavy atom. The van der Waals surface area contributed by atoms with E-state index in [-0.39, 0.29) is 0 Å². The lowest BCUT2D eigenvalue weighted by molar-refractivity contribution is 0.243. The number of unbranched alkanes of at least 4 members (excludes halogenated alkanes) is 1. The molecule has 0 aromatic carbocycles. The van der Waals surface area contributed by atoms with E-state index in [0.717, 1.165) is 13.0 Å². The van der Waals surface area contributed by atoms with E-state index in [9.17, 15) is 0 Å². The molecule has 0 aliphatic heterocycles. The van der Waals surface area contributed by atoms with Crippen molar-refractivity contribution >= 4 is 0 Å². The Kier molecular flexibility index (Phi) is 6.16. The maximum absolute atomic E-state index is 5.04. The molecule has 0 aliphatic rings. The first kappa shape index (κ1) is 7.54. The molecule has 0 saturated carbocycles. The monoisotopic (exact) mass is 114 g/mol. The summed E-state index contributed by atoms with van der Waals surface area (Å²) in [6, 6.07) is 0. The average molecular weight is 114 g/mol. The van der Waals surface area contributed by atoms with Crippen LogP contribution in [0.3, 0.4) is 0 Å². The summed E-state index contributed by atoms with van der Waals surface area (Å²) < 4.78 is 5.04. The van der Waals surface area contributed by atoms with E-state index < -0.39 is 0 Å². The highest BCUT2D eigenvalue weighted by Crippen LogP contribution is 1.87. The van der Waals surface area contributed by atoms with Gasteiger partial charge in [-0.15, -0.1) is 0 Å². The van der Waals surface area contributed by atoms with E-state index in [1.54, 1.807) is 6.26 Å². The van der Waals surface area contributed by atoms with E-state index in [0.29, 0.717) is 0 Å². The lowest BCUT2D eigenvalue weighted by atomic mass is 10.4. The lowest BCUT2D eigenvalue weighted by Crippen LogP contribution is -1.83. The van der Waals surface area contributed by atoms with Crippen LogP contribution in [0.25, 0.3) is 0 Å². The second-order valence-electron chi connectivity index (χ2n) is 1.69. The molecule has 0 amide bonds. The number of rotatable bonds is 4. The predicted molar refractivity (Wildman–Crippen MR) is 35.7 cm³/mol. The molecule has 0 unspecified atom stereocenters. The Labute approximate surface area is 51.4 Å². The van der Waals surface area contributed by atoms with E-state index in [4.69, 9.17) is 4.74 Å². The van der Waals surface area contributed by atoms with Crippen LogP contribution in [0.2, 0.25) is 0 Å². The van der Waals surface area contributed by atoms with Crippen molar-refractivity contribution in [2.24, 2.45) is 0 Å². The van der Waals surface area contributed by atoms with Gasteiger partial charge in [-0.3, -0.25) is 0 Å². The van der Waals surface area contributed by atoms with Crippen molar-refractivity contribution in [1.29, 1.82) is 0 Å². The van der Waals surface area contributed by atoms with Crippen molar-refractivity contribution in [2.75, 3.05) is 6.61 Å². The molecule has 1 nitrogen and oxygen atoms in total. The highest BCUT2D eigenvalue weighted by molar-refractivity contribution is 4.64. The molecule has 48 valence electrons. The molecule has 1 heteroatoms. The van der Waals surface area contributed by atoms with Crippen molar-refractivity contribution in [3.05, 3.63) is 12.3 Å². The van der Waals surface area contributed by atoms with Crippen LogP contribution >= 0.6 is 0 Å². The number of hydrogen-bond donors (Lipinski definition) is 0. The zero-order valence-electron chi connectivity index (χ0n) is 5.68. The molecule has 0 aromatic rings. The van der Waals surface area contributed by atoms with Crippen LogP contribution in [0.15, 0.2) is 12.3 Å². The van der Waals surface area contributed by atoms with Gasteiger partial charge in [0.2, 0.25) is 0 Å². The first-order valence-electron chi connectivity index (χ1n) is 3.14. The van der Waals surface area contributed by atoms with Crippen LogP contribution in [0, 0.1) is 0 Å². The molecule has 0 radical (unpaired) electrons. The van der Waals surface area contributed by atoms with Gasteiger partial charge in [-0.05, 0) is 13.3 Å². The van der Waals surface area contributed by atoms with Gasteiger partial charge in [0.1, 0.15) is 0 Å². The second-order valence-corrected chi connectivity index (χ2v) is 1.69. The van der Waals surface area contributed by atoms with Gasteiger partial charge in [0.25, 0.3) is 0 Å². The Hall–Kier alpha value is -0.460. The summed E-state index contributed by atoms with van der Waals surface area (Å²) in [5.74, 6) is 0. The Bertz CT molecular complexity index is 57.4. The Balaban J connectivity index is 2.72. The van der Waals surface area contributed by atoms with E-state index in [2.05, 4.69) is 6.92 Å². The van der Waals surface area contributed by atoms with Crippen molar-refractivity contribution < 1.29 is 4.74 Å². The van der Waals surface area contributed by atoms with Gasteiger partial charge in [0, 0.05) is 0 Å². The van der Waals surface area contributed by atoms with Gasteiger partial charge in [-0.2, -0.15) is 0 Å². The number of hydrogen-bond acceptors (Lipinski definition) is 1. The molecule has 0 saturated heterocycles. The molecule has 0 atom stereocenters. The van der Waals surface area contributed by atoms with Gasteiger partial charge < -0.3 is 4.74 Å². The highest BCUT2D eigenvalue weighted by atomic mass is 16.5. The number of allylic oxidation sites excluding steroid dienone is 1. The van der Waals surface area contributed by atoms with Crippen LogP contribution in [-0.4, -0.2) is 6.61 Å². The third kappa shape index (κ3) is 5.54. The quantitative estimate of drug-likeness (QED) is 0.402.